The summed E-state index contributed by atoms with van der Waals surface area (Å²) in [5, 5.41) is 12.2. The molecule has 2 N–H and O–H groups in total. The molecule has 5 nitrogen and oxygen atoms in total. The molecular weight excluding hydrogens is 234 g/mol. The van der Waals surface area contributed by atoms with Crippen molar-refractivity contribution in [2.45, 2.75) is 13.0 Å². The molecule has 0 aliphatic carbocycles. The zero-order chi connectivity index (χ0) is 13.4. The molecule has 0 aliphatic heterocycles. The first kappa shape index (κ1) is 14.5. The molecule has 1 amide bonds. The molecule has 5 heteroatoms. The van der Waals surface area contributed by atoms with Crippen LogP contribution >= 0.6 is 0 Å². The average molecular weight is 253 g/mol. The summed E-state index contributed by atoms with van der Waals surface area (Å²) in [6.07, 6.45) is -0.627. The number of hydrogen-bond acceptors (Lipinski definition) is 4. The maximum absolute atomic E-state index is 11.4. The van der Waals surface area contributed by atoms with Gasteiger partial charge in [-0.2, -0.15) is 0 Å². The summed E-state index contributed by atoms with van der Waals surface area (Å²) in [7, 11) is 1.57. The van der Waals surface area contributed by atoms with Gasteiger partial charge in [0.1, 0.15) is 5.75 Å². The summed E-state index contributed by atoms with van der Waals surface area (Å²) >= 11 is 0. The number of carbonyl (C=O) groups excluding carboxylic acids is 1. The van der Waals surface area contributed by atoms with Crippen molar-refractivity contribution in [3.8, 4) is 5.75 Å². The summed E-state index contributed by atoms with van der Waals surface area (Å²) in [4.78, 5) is 11.4. The highest BCUT2D eigenvalue weighted by atomic mass is 16.5. The molecule has 1 rings (SSSR count). The fourth-order valence-corrected chi connectivity index (χ4v) is 1.44. The van der Waals surface area contributed by atoms with Crippen molar-refractivity contribution in [3.05, 3.63) is 29.8 Å². The van der Waals surface area contributed by atoms with Crippen LogP contribution in [0, 0.1) is 0 Å². The van der Waals surface area contributed by atoms with E-state index in [0.717, 1.165) is 0 Å². The fraction of sp³-hybridized carbons (Fsp3) is 0.462. The zero-order valence-electron chi connectivity index (χ0n) is 10.7. The van der Waals surface area contributed by atoms with Crippen LogP contribution in [0.3, 0.4) is 0 Å². The summed E-state index contributed by atoms with van der Waals surface area (Å²) in [6.45, 7) is 2.50. The van der Waals surface area contributed by atoms with Crippen molar-refractivity contribution in [1.29, 1.82) is 0 Å². The first-order chi connectivity index (χ1) is 8.65. The van der Waals surface area contributed by atoms with Gasteiger partial charge >= 0.3 is 0 Å². The van der Waals surface area contributed by atoms with E-state index in [9.17, 15) is 9.90 Å². The molecule has 1 aromatic carbocycles. The van der Waals surface area contributed by atoms with Gasteiger partial charge in [0.25, 0.3) is 5.91 Å². The van der Waals surface area contributed by atoms with Gasteiger partial charge in [0, 0.05) is 19.2 Å². The lowest BCUT2D eigenvalue weighted by Gasteiger charge is -2.13. The van der Waals surface area contributed by atoms with Crippen LogP contribution in [0.1, 0.15) is 18.6 Å². The molecule has 0 bridgehead atoms. The van der Waals surface area contributed by atoms with E-state index in [-0.39, 0.29) is 12.5 Å². The predicted molar refractivity (Wildman–Crippen MR) is 67.5 cm³/mol. The van der Waals surface area contributed by atoms with Crippen molar-refractivity contribution in [3.63, 3.8) is 0 Å². The molecule has 0 unspecified atom stereocenters. The summed E-state index contributed by atoms with van der Waals surface area (Å²) in [6, 6.07) is 7.10. The molecule has 1 aromatic rings. The summed E-state index contributed by atoms with van der Waals surface area (Å²) < 4.78 is 10.2. The lowest BCUT2D eigenvalue weighted by atomic mass is 10.1. The molecule has 0 radical (unpaired) electrons. The summed E-state index contributed by atoms with van der Waals surface area (Å²) in [5.74, 6) is 0.307. The molecule has 0 aliphatic rings. The number of methoxy groups -OCH3 is 1. The number of para-hydroxylation sites is 1. The average Bonchev–Trinajstić information content (AvgIpc) is 2.37. The first-order valence-electron chi connectivity index (χ1n) is 5.80. The number of hydrogen-bond donors (Lipinski definition) is 2. The molecule has 100 valence electrons. The van der Waals surface area contributed by atoms with Crippen molar-refractivity contribution >= 4 is 5.91 Å². The lowest BCUT2D eigenvalue weighted by molar-refractivity contribution is -0.123. The van der Waals surface area contributed by atoms with Gasteiger partial charge in [-0.25, -0.2) is 0 Å². The Balaban J connectivity index is 2.45. The highest BCUT2D eigenvalue weighted by Crippen LogP contribution is 2.24. The van der Waals surface area contributed by atoms with Crippen LogP contribution < -0.4 is 10.1 Å². The van der Waals surface area contributed by atoms with Gasteiger partial charge in [0.2, 0.25) is 0 Å². The van der Waals surface area contributed by atoms with E-state index in [1.165, 1.54) is 0 Å². The van der Waals surface area contributed by atoms with Crippen LogP contribution in [0.15, 0.2) is 24.3 Å². The Hall–Kier alpha value is -1.59. The monoisotopic (exact) mass is 253 g/mol. The first-order valence-corrected chi connectivity index (χ1v) is 5.80. The Bertz CT molecular complexity index is 379. The molecule has 1 atom stereocenters. The largest absolute Gasteiger partial charge is 0.483 e. The number of nitrogens with one attached hydrogen (secondary N) is 1. The van der Waals surface area contributed by atoms with Crippen LogP contribution in [0.4, 0.5) is 0 Å². The van der Waals surface area contributed by atoms with Crippen LogP contribution in [-0.2, 0) is 9.53 Å². The van der Waals surface area contributed by atoms with E-state index in [2.05, 4.69) is 5.32 Å². The predicted octanol–water partition coefficient (Wildman–Crippen LogP) is 0.881. The van der Waals surface area contributed by atoms with E-state index in [1.54, 1.807) is 32.2 Å². The Kier molecular flexibility index (Phi) is 6.18. The second-order valence-corrected chi connectivity index (χ2v) is 3.85. The SMILES string of the molecule is COCCNC(=O)COc1ccccc1[C@@H](C)O. The Morgan fingerprint density at radius 2 is 2.17 bits per heavy atom. The maximum atomic E-state index is 11.4. The molecule has 0 fully saturated rings. The summed E-state index contributed by atoms with van der Waals surface area (Å²) in [5.41, 5.74) is 0.669. The van der Waals surface area contributed by atoms with E-state index >= 15 is 0 Å². The number of benzene rings is 1. The molecular formula is C13H19NO4. The van der Waals surface area contributed by atoms with Gasteiger partial charge < -0.3 is 19.9 Å². The normalized spacial score (nSPS) is 11.9. The second-order valence-electron chi connectivity index (χ2n) is 3.85. The van der Waals surface area contributed by atoms with Gasteiger partial charge in [0.15, 0.2) is 6.61 Å². The Labute approximate surface area is 107 Å². The standard InChI is InChI=1S/C13H19NO4/c1-10(15)11-5-3-4-6-12(11)18-9-13(16)14-7-8-17-2/h3-6,10,15H,7-9H2,1-2H3,(H,14,16)/t10-/m1/s1. The number of rotatable bonds is 7. The topological polar surface area (TPSA) is 67.8 Å². The number of amides is 1. The van der Waals surface area contributed by atoms with Gasteiger partial charge in [-0.1, -0.05) is 18.2 Å². The van der Waals surface area contributed by atoms with Gasteiger partial charge in [-0.15, -0.1) is 0 Å². The number of carbonyl (C=O) groups is 1. The van der Waals surface area contributed by atoms with Crippen molar-refractivity contribution in [2.75, 3.05) is 26.9 Å². The fourth-order valence-electron chi connectivity index (χ4n) is 1.44. The third kappa shape index (κ3) is 4.73. The van der Waals surface area contributed by atoms with Gasteiger partial charge in [0.05, 0.1) is 12.7 Å². The molecule has 0 spiro atoms. The second kappa shape index (κ2) is 7.68. The third-order valence-electron chi connectivity index (χ3n) is 2.36. The lowest BCUT2D eigenvalue weighted by Crippen LogP contribution is -2.31. The van der Waals surface area contributed by atoms with Gasteiger partial charge in [-0.3, -0.25) is 4.79 Å². The van der Waals surface area contributed by atoms with Crippen LogP contribution in [-0.4, -0.2) is 37.9 Å². The molecule has 0 aromatic heterocycles. The number of ether oxygens (including phenoxy) is 2. The minimum atomic E-state index is -0.627. The van der Waals surface area contributed by atoms with E-state index in [0.29, 0.717) is 24.5 Å². The molecule has 0 saturated heterocycles. The van der Waals surface area contributed by atoms with Crippen molar-refractivity contribution in [2.24, 2.45) is 0 Å². The Morgan fingerprint density at radius 1 is 1.44 bits per heavy atom. The molecule has 18 heavy (non-hydrogen) atoms. The number of aliphatic hydroxyl groups excluding tert-OH is 1. The van der Waals surface area contributed by atoms with Crippen LogP contribution in [0.2, 0.25) is 0 Å². The molecule has 0 saturated carbocycles. The van der Waals surface area contributed by atoms with Crippen LogP contribution in [0.5, 0.6) is 5.75 Å². The quantitative estimate of drug-likeness (QED) is 0.708. The highest BCUT2D eigenvalue weighted by Gasteiger charge is 2.09. The minimum absolute atomic E-state index is 0.0759. The third-order valence-corrected chi connectivity index (χ3v) is 2.36. The van der Waals surface area contributed by atoms with Crippen molar-refractivity contribution < 1.29 is 19.4 Å². The minimum Gasteiger partial charge on any atom is -0.483 e. The Morgan fingerprint density at radius 3 is 2.83 bits per heavy atom. The zero-order valence-corrected chi connectivity index (χ0v) is 10.7. The van der Waals surface area contributed by atoms with Gasteiger partial charge in [-0.05, 0) is 13.0 Å². The molecule has 0 heterocycles. The van der Waals surface area contributed by atoms with Crippen molar-refractivity contribution in [1.82, 2.24) is 5.32 Å². The highest BCUT2D eigenvalue weighted by molar-refractivity contribution is 5.77. The van der Waals surface area contributed by atoms with E-state index in [1.807, 2.05) is 6.07 Å². The van der Waals surface area contributed by atoms with Crippen LogP contribution in [0.25, 0.3) is 0 Å². The van der Waals surface area contributed by atoms with E-state index < -0.39 is 6.10 Å². The number of aliphatic hydroxyl groups is 1. The maximum Gasteiger partial charge on any atom is 0.258 e. The van der Waals surface area contributed by atoms with E-state index in [4.69, 9.17) is 9.47 Å². The smallest absolute Gasteiger partial charge is 0.258 e.